The van der Waals surface area contributed by atoms with Gasteiger partial charge < -0.3 is 9.47 Å². The summed E-state index contributed by atoms with van der Waals surface area (Å²) in [6.45, 7) is 4.59. The number of allylic oxidation sites excluding steroid dienone is 1. The van der Waals surface area contributed by atoms with Gasteiger partial charge in [0, 0.05) is 11.1 Å². The fraction of sp³-hybridized carbons (Fsp3) is 0.375. The molecular weight excluding hydrogens is 256 g/mol. The van der Waals surface area contributed by atoms with Gasteiger partial charge in [-0.1, -0.05) is 38.1 Å². The molecule has 0 aromatic heterocycles. The van der Waals surface area contributed by atoms with Crippen LogP contribution in [0.25, 0.3) is 5.76 Å². The van der Waals surface area contributed by atoms with Crippen LogP contribution in [0.3, 0.4) is 0 Å². The van der Waals surface area contributed by atoms with Crippen molar-refractivity contribution in [1.29, 1.82) is 0 Å². The fourth-order valence-electron chi connectivity index (χ4n) is 2.45. The number of Topliss-reactive ketones (excluding diaryl/α,β-unsaturated/α-hetero) is 2. The third kappa shape index (κ3) is 2.06. The number of hydrogen-bond acceptors (Lipinski definition) is 4. The Kier molecular flexibility index (Phi) is 3.18. The van der Waals surface area contributed by atoms with E-state index >= 15 is 0 Å². The molecule has 0 N–H and O–H groups in total. The first kappa shape index (κ1) is 13.1. The van der Waals surface area contributed by atoms with Crippen LogP contribution in [-0.2, 0) is 14.3 Å². The highest BCUT2D eigenvalue weighted by atomic mass is 16.7. The van der Waals surface area contributed by atoms with E-state index in [9.17, 15) is 9.59 Å². The van der Waals surface area contributed by atoms with Crippen molar-refractivity contribution < 1.29 is 19.1 Å². The molecule has 4 nitrogen and oxygen atoms in total. The van der Waals surface area contributed by atoms with E-state index in [0.717, 1.165) is 0 Å². The lowest BCUT2D eigenvalue weighted by molar-refractivity contribution is -0.138. The average molecular weight is 272 g/mol. The predicted octanol–water partition coefficient (Wildman–Crippen LogP) is 2.58. The van der Waals surface area contributed by atoms with E-state index in [0.29, 0.717) is 29.4 Å². The molecule has 20 heavy (non-hydrogen) atoms. The second kappa shape index (κ2) is 4.87. The molecule has 1 aromatic carbocycles. The van der Waals surface area contributed by atoms with Gasteiger partial charge in [-0.3, -0.25) is 9.59 Å². The second-order valence-corrected chi connectivity index (χ2v) is 5.48. The summed E-state index contributed by atoms with van der Waals surface area (Å²) in [5.74, 6) is 0.321. The molecule has 3 rings (SSSR count). The van der Waals surface area contributed by atoms with E-state index in [1.807, 2.05) is 19.9 Å². The summed E-state index contributed by atoms with van der Waals surface area (Å²) in [7, 11) is 0. The van der Waals surface area contributed by atoms with E-state index in [1.165, 1.54) is 0 Å². The molecule has 104 valence electrons. The van der Waals surface area contributed by atoms with E-state index in [4.69, 9.17) is 9.47 Å². The Hall–Kier alpha value is -1.94. The van der Waals surface area contributed by atoms with Crippen molar-refractivity contribution in [3.63, 3.8) is 0 Å². The van der Waals surface area contributed by atoms with E-state index in [2.05, 4.69) is 0 Å². The summed E-state index contributed by atoms with van der Waals surface area (Å²) in [6, 6.07) is 7.13. The molecule has 1 aliphatic heterocycles. The molecule has 0 saturated heterocycles. The maximum absolute atomic E-state index is 12.2. The number of carbonyl (C=O) groups is 2. The number of ketones is 2. The first-order valence-corrected chi connectivity index (χ1v) is 6.77. The van der Waals surface area contributed by atoms with Crippen LogP contribution in [0.2, 0.25) is 0 Å². The number of benzene rings is 1. The molecule has 1 unspecified atom stereocenters. The van der Waals surface area contributed by atoms with E-state index in [1.54, 1.807) is 18.2 Å². The lowest BCUT2D eigenvalue weighted by Crippen LogP contribution is -2.29. The van der Waals surface area contributed by atoms with Gasteiger partial charge >= 0.3 is 0 Å². The van der Waals surface area contributed by atoms with Crippen molar-refractivity contribution in [2.75, 3.05) is 6.61 Å². The van der Waals surface area contributed by atoms with Crippen LogP contribution in [0.15, 0.2) is 29.8 Å². The summed E-state index contributed by atoms with van der Waals surface area (Å²) in [6.07, 6.45) is -0.492. The van der Waals surface area contributed by atoms with Gasteiger partial charge in [0.25, 0.3) is 0 Å². The zero-order valence-corrected chi connectivity index (χ0v) is 11.5. The number of ether oxygens (including phenoxy) is 2. The Bertz CT molecular complexity index is 613. The maximum Gasteiger partial charge on any atom is 0.207 e. The standard InChI is InChI=1S/C16H16O4/c1-9(2)8-19-13-7-12(17)14-15(18)10-5-3-4-6-11(10)16(14)20-13/h3-6,9,13H,7-8H2,1-2H3. The second-order valence-electron chi connectivity index (χ2n) is 5.48. The molecular formula is C16H16O4. The molecule has 0 spiro atoms. The minimum absolute atomic E-state index is 0.102. The zero-order chi connectivity index (χ0) is 14.3. The highest BCUT2D eigenvalue weighted by Crippen LogP contribution is 2.38. The molecule has 1 aromatic rings. The maximum atomic E-state index is 12.2. The smallest absolute Gasteiger partial charge is 0.207 e. The molecule has 2 aliphatic rings. The van der Waals surface area contributed by atoms with Crippen LogP contribution in [0, 0.1) is 5.92 Å². The Morgan fingerprint density at radius 1 is 1.25 bits per heavy atom. The Morgan fingerprint density at radius 3 is 2.65 bits per heavy atom. The van der Waals surface area contributed by atoms with Gasteiger partial charge in [0.05, 0.1) is 13.0 Å². The first-order valence-electron chi connectivity index (χ1n) is 6.77. The van der Waals surface area contributed by atoms with E-state index < -0.39 is 6.29 Å². The van der Waals surface area contributed by atoms with Crippen molar-refractivity contribution in [1.82, 2.24) is 0 Å². The van der Waals surface area contributed by atoms with Crippen LogP contribution < -0.4 is 0 Å². The van der Waals surface area contributed by atoms with Gasteiger partial charge in [-0.25, -0.2) is 0 Å². The molecule has 0 radical (unpaired) electrons. The quantitative estimate of drug-likeness (QED) is 0.794. The molecule has 1 heterocycles. The van der Waals surface area contributed by atoms with Crippen LogP contribution in [-0.4, -0.2) is 24.5 Å². The molecule has 1 aliphatic carbocycles. The molecule has 0 amide bonds. The molecule has 0 saturated carbocycles. The van der Waals surface area contributed by atoms with Crippen molar-refractivity contribution in [2.45, 2.75) is 26.6 Å². The van der Waals surface area contributed by atoms with Gasteiger partial charge in [0.2, 0.25) is 12.1 Å². The lowest BCUT2D eigenvalue weighted by atomic mass is 10.0. The highest BCUT2D eigenvalue weighted by Gasteiger charge is 2.40. The Morgan fingerprint density at radius 2 is 1.95 bits per heavy atom. The Labute approximate surface area is 117 Å². The first-order chi connectivity index (χ1) is 9.58. The molecule has 1 atom stereocenters. The van der Waals surface area contributed by atoms with Crippen LogP contribution >= 0.6 is 0 Å². The van der Waals surface area contributed by atoms with Crippen molar-refractivity contribution in [3.05, 3.63) is 41.0 Å². The average Bonchev–Trinajstić information content (AvgIpc) is 2.71. The van der Waals surface area contributed by atoms with Crippen molar-refractivity contribution in [3.8, 4) is 0 Å². The third-order valence-corrected chi connectivity index (χ3v) is 3.37. The summed E-state index contributed by atoms with van der Waals surface area (Å²) in [4.78, 5) is 24.4. The van der Waals surface area contributed by atoms with Crippen molar-refractivity contribution >= 4 is 17.3 Å². The number of hydrogen-bond donors (Lipinski definition) is 0. The highest BCUT2D eigenvalue weighted by molar-refractivity contribution is 6.34. The summed E-state index contributed by atoms with van der Waals surface area (Å²) in [5, 5.41) is 0. The number of rotatable bonds is 3. The number of fused-ring (bicyclic) bond motifs is 2. The zero-order valence-electron chi connectivity index (χ0n) is 11.5. The van der Waals surface area contributed by atoms with Gasteiger partial charge in [0.15, 0.2) is 5.78 Å². The van der Waals surface area contributed by atoms with Gasteiger partial charge in [-0.15, -0.1) is 0 Å². The molecule has 0 bridgehead atoms. The third-order valence-electron chi connectivity index (χ3n) is 3.37. The van der Waals surface area contributed by atoms with Crippen LogP contribution in [0.1, 0.15) is 36.2 Å². The SMILES string of the molecule is CC(C)COC1CC(=O)C2=C(O1)c1ccccc1C2=O. The van der Waals surface area contributed by atoms with Gasteiger partial charge in [-0.05, 0) is 5.92 Å². The van der Waals surface area contributed by atoms with Crippen LogP contribution in [0.4, 0.5) is 0 Å². The summed E-state index contributed by atoms with van der Waals surface area (Å²) < 4.78 is 11.3. The van der Waals surface area contributed by atoms with Crippen LogP contribution in [0.5, 0.6) is 0 Å². The predicted molar refractivity (Wildman–Crippen MR) is 73.0 cm³/mol. The minimum atomic E-state index is -0.595. The summed E-state index contributed by atoms with van der Waals surface area (Å²) in [5.41, 5.74) is 1.41. The molecule has 4 heteroatoms. The molecule has 0 fully saturated rings. The van der Waals surface area contributed by atoms with Gasteiger partial charge in [0.1, 0.15) is 11.3 Å². The van der Waals surface area contributed by atoms with E-state index in [-0.39, 0.29) is 23.6 Å². The lowest BCUT2D eigenvalue weighted by Gasteiger charge is -2.25. The summed E-state index contributed by atoms with van der Waals surface area (Å²) >= 11 is 0. The monoisotopic (exact) mass is 272 g/mol. The Balaban J connectivity index is 1.90. The minimum Gasteiger partial charge on any atom is -0.463 e. The van der Waals surface area contributed by atoms with Crippen molar-refractivity contribution in [2.24, 2.45) is 5.92 Å². The normalized spacial score (nSPS) is 21.1. The topological polar surface area (TPSA) is 52.6 Å². The largest absolute Gasteiger partial charge is 0.463 e. The fourth-order valence-corrected chi connectivity index (χ4v) is 2.45. The van der Waals surface area contributed by atoms with Gasteiger partial charge in [-0.2, -0.15) is 0 Å². The number of carbonyl (C=O) groups excluding carboxylic acids is 2.